The topological polar surface area (TPSA) is 84.9 Å². The van der Waals surface area contributed by atoms with Crippen molar-refractivity contribution in [1.82, 2.24) is 5.32 Å². The molecule has 0 aliphatic rings. The predicted octanol–water partition coefficient (Wildman–Crippen LogP) is 5.37. The number of fused-ring (bicyclic) bond motifs is 1. The number of aryl methyl sites for hydroxylation is 1. The number of carbonyl (C=O) groups is 2. The van der Waals surface area contributed by atoms with Gasteiger partial charge in [-0.3, -0.25) is 9.59 Å². The summed E-state index contributed by atoms with van der Waals surface area (Å²) in [7, 11) is 1.58. The maximum Gasteiger partial charge on any atom is 0.303 e. The molecule has 4 aromatic carbocycles. The molecule has 0 unspecified atom stereocenters. The fourth-order valence-corrected chi connectivity index (χ4v) is 4.00. The second kappa shape index (κ2) is 11.2. The van der Waals surface area contributed by atoms with Gasteiger partial charge in [-0.15, -0.1) is 0 Å². The molecule has 4 aromatic rings. The third-order valence-corrected chi connectivity index (χ3v) is 5.81. The highest BCUT2D eigenvalue weighted by molar-refractivity contribution is 5.96. The summed E-state index contributed by atoms with van der Waals surface area (Å²) < 4.78 is 11.2. The fraction of sp³-hybridized carbons (Fsp3) is 0.172. The van der Waals surface area contributed by atoms with Gasteiger partial charge in [0.15, 0.2) is 11.5 Å². The van der Waals surface area contributed by atoms with Crippen molar-refractivity contribution < 1.29 is 24.2 Å². The molecule has 0 aromatic heterocycles. The molecule has 0 aliphatic carbocycles. The van der Waals surface area contributed by atoms with Crippen LogP contribution in [0.4, 0.5) is 0 Å². The highest BCUT2D eigenvalue weighted by Gasteiger charge is 2.15. The first kappa shape index (κ1) is 23.8. The van der Waals surface area contributed by atoms with Crippen molar-refractivity contribution >= 4 is 22.6 Å². The molecule has 6 heteroatoms. The fourth-order valence-electron chi connectivity index (χ4n) is 4.00. The Kier molecular flexibility index (Phi) is 7.63. The molecule has 0 saturated heterocycles. The second-order valence-corrected chi connectivity index (χ2v) is 8.15. The van der Waals surface area contributed by atoms with Gasteiger partial charge in [-0.1, -0.05) is 66.7 Å². The number of carbonyl (C=O) groups excluding carboxylic acids is 1. The smallest absolute Gasteiger partial charge is 0.303 e. The number of nitrogens with one attached hydrogen (secondary N) is 1. The third kappa shape index (κ3) is 5.98. The number of carboxylic acid groups (broad SMARTS) is 1. The Labute approximate surface area is 204 Å². The molecule has 0 aliphatic heterocycles. The maximum atomic E-state index is 13.2. The van der Waals surface area contributed by atoms with E-state index in [0.717, 1.165) is 21.9 Å². The van der Waals surface area contributed by atoms with E-state index in [1.54, 1.807) is 19.2 Å². The second-order valence-electron chi connectivity index (χ2n) is 8.15. The van der Waals surface area contributed by atoms with E-state index in [0.29, 0.717) is 29.2 Å². The molecular weight excluding hydrogens is 442 g/mol. The zero-order valence-corrected chi connectivity index (χ0v) is 19.5. The summed E-state index contributed by atoms with van der Waals surface area (Å²) in [5, 5.41) is 14.3. The number of carboxylic acids is 1. The monoisotopic (exact) mass is 469 g/mol. The van der Waals surface area contributed by atoms with Gasteiger partial charge in [0.25, 0.3) is 5.91 Å². The molecule has 2 N–H and O–H groups in total. The van der Waals surface area contributed by atoms with Gasteiger partial charge in [0.05, 0.1) is 7.11 Å². The molecule has 6 nitrogen and oxygen atoms in total. The van der Waals surface area contributed by atoms with Crippen LogP contribution in [0.3, 0.4) is 0 Å². The van der Waals surface area contributed by atoms with Crippen LogP contribution in [0.2, 0.25) is 0 Å². The number of ether oxygens (including phenoxy) is 2. The minimum atomic E-state index is -0.907. The quantitative estimate of drug-likeness (QED) is 0.326. The summed E-state index contributed by atoms with van der Waals surface area (Å²) in [5.74, 6) is 0.0682. The molecule has 0 saturated carbocycles. The molecule has 35 heavy (non-hydrogen) atoms. The SMILES string of the molecule is COc1ccccc1OCc1ccc(CCC(=O)O)c(C(=O)NCc2cccc3ccccc23)c1. The maximum absolute atomic E-state index is 13.2. The molecule has 1 amide bonds. The molecule has 178 valence electrons. The van der Waals surface area contributed by atoms with Crippen LogP contribution in [0.5, 0.6) is 11.5 Å². The zero-order chi connectivity index (χ0) is 24.6. The van der Waals surface area contributed by atoms with Gasteiger partial charge in [0.1, 0.15) is 6.61 Å². The highest BCUT2D eigenvalue weighted by Crippen LogP contribution is 2.27. The number of hydrogen-bond acceptors (Lipinski definition) is 4. The van der Waals surface area contributed by atoms with Crippen molar-refractivity contribution in [1.29, 1.82) is 0 Å². The number of rotatable bonds is 10. The first-order chi connectivity index (χ1) is 17.0. The number of methoxy groups -OCH3 is 1. The normalized spacial score (nSPS) is 10.7. The largest absolute Gasteiger partial charge is 0.493 e. The van der Waals surface area contributed by atoms with Crippen LogP contribution in [0.25, 0.3) is 10.8 Å². The Hall–Kier alpha value is -4.32. The average Bonchev–Trinajstić information content (AvgIpc) is 2.89. The van der Waals surface area contributed by atoms with Crippen molar-refractivity contribution in [3.8, 4) is 11.5 Å². The van der Waals surface area contributed by atoms with Crippen molar-refractivity contribution in [3.05, 3.63) is 107 Å². The van der Waals surface area contributed by atoms with E-state index >= 15 is 0 Å². The Morgan fingerprint density at radius 3 is 2.40 bits per heavy atom. The third-order valence-electron chi connectivity index (χ3n) is 5.81. The van der Waals surface area contributed by atoms with E-state index in [4.69, 9.17) is 14.6 Å². The van der Waals surface area contributed by atoms with Crippen molar-refractivity contribution in [3.63, 3.8) is 0 Å². The lowest BCUT2D eigenvalue weighted by molar-refractivity contribution is -0.136. The lowest BCUT2D eigenvalue weighted by Gasteiger charge is -2.14. The Balaban J connectivity index is 1.54. The number of para-hydroxylation sites is 2. The van der Waals surface area contributed by atoms with Crippen LogP contribution in [-0.2, 0) is 24.4 Å². The summed E-state index contributed by atoms with van der Waals surface area (Å²) in [4.78, 5) is 24.4. The van der Waals surface area contributed by atoms with Crippen molar-refractivity contribution in [2.24, 2.45) is 0 Å². The first-order valence-electron chi connectivity index (χ1n) is 11.4. The van der Waals surface area contributed by atoms with E-state index in [-0.39, 0.29) is 25.4 Å². The standard InChI is InChI=1S/C29H27NO5/c1-34-26-11-4-5-12-27(26)35-19-20-13-14-22(15-16-28(31)32)25(17-20)29(33)30-18-23-9-6-8-21-7-2-3-10-24(21)23/h2-14,17H,15-16,18-19H2,1H3,(H,30,33)(H,31,32). The van der Waals surface area contributed by atoms with Crippen LogP contribution in [0.15, 0.2) is 84.9 Å². The number of hydrogen-bond donors (Lipinski definition) is 2. The van der Waals surface area contributed by atoms with Gasteiger partial charge >= 0.3 is 5.97 Å². The Morgan fingerprint density at radius 2 is 1.60 bits per heavy atom. The van der Waals surface area contributed by atoms with Crippen LogP contribution < -0.4 is 14.8 Å². The van der Waals surface area contributed by atoms with Gasteiger partial charge in [0, 0.05) is 18.5 Å². The summed E-state index contributed by atoms with van der Waals surface area (Å²) in [6, 6.07) is 26.8. The molecule has 4 rings (SSSR count). The summed E-state index contributed by atoms with van der Waals surface area (Å²) in [5.41, 5.74) is 2.95. The van der Waals surface area contributed by atoms with Gasteiger partial charge in [-0.25, -0.2) is 0 Å². The van der Waals surface area contributed by atoms with Gasteiger partial charge < -0.3 is 19.9 Å². The van der Waals surface area contributed by atoms with E-state index in [2.05, 4.69) is 5.32 Å². The molecular formula is C29H27NO5. The van der Waals surface area contributed by atoms with E-state index in [9.17, 15) is 9.59 Å². The molecule has 0 spiro atoms. The van der Waals surface area contributed by atoms with Crippen molar-refractivity contribution in [2.75, 3.05) is 7.11 Å². The Morgan fingerprint density at radius 1 is 0.857 bits per heavy atom. The summed E-state index contributed by atoms with van der Waals surface area (Å²) in [6.07, 6.45) is 0.209. The van der Waals surface area contributed by atoms with Crippen LogP contribution in [0, 0.1) is 0 Å². The lowest BCUT2D eigenvalue weighted by Crippen LogP contribution is -2.24. The van der Waals surface area contributed by atoms with E-state index in [1.807, 2.05) is 72.8 Å². The zero-order valence-electron chi connectivity index (χ0n) is 19.5. The lowest BCUT2D eigenvalue weighted by atomic mass is 9.99. The molecule has 0 bridgehead atoms. The predicted molar refractivity (Wildman–Crippen MR) is 135 cm³/mol. The molecule has 0 heterocycles. The number of amides is 1. The summed E-state index contributed by atoms with van der Waals surface area (Å²) >= 11 is 0. The molecule has 0 radical (unpaired) electrons. The van der Waals surface area contributed by atoms with E-state index < -0.39 is 5.97 Å². The van der Waals surface area contributed by atoms with Crippen molar-refractivity contribution in [2.45, 2.75) is 26.0 Å². The number of benzene rings is 4. The van der Waals surface area contributed by atoms with Gasteiger partial charge in [-0.05, 0) is 52.1 Å². The van der Waals surface area contributed by atoms with E-state index in [1.165, 1.54) is 0 Å². The van der Waals surface area contributed by atoms with Gasteiger partial charge in [-0.2, -0.15) is 0 Å². The van der Waals surface area contributed by atoms with Crippen LogP contribution >= 0.6 is 0 Å². The minimum Gasteiger partial charge on any atom is -0.493 e. The Bertz CT molecular complexity index is 1340. The molecule has 0 atom stereocenters. The number of aliphatic carboxylic acids is 1. The summed E-state index contributed by atoms with van der Waals surface area (Å²) in [6.45, 7) is 0.601. The average molecular weight is 470 g/mol. The minimum absolute atomic E-state index is 0.0549. The van der Waals surface area contributed by atoms with Crippen LogP contribution in [-0.4, -0.2) is 24.1 Å². The van der Waals surface area contributed by atoms with Crippen LogP contribution in [0.1, 0.15) is 33.5 Å². The van der Waals surface area contributed by atoms with Gasteiger partial charge in [0.2, 0.25) is 0 Å². The first-order valence-corrected chi connectivity index (χ1v) is 11.4. The highest BCUT2D eigenvalue weighted by atomic mass is 16.5. The molecule has 0 fully saturated rings.